The Morgan fingerprint density at radius 3 is 2.91 bits per heavy atom. The normalized spacial score (nSPS) is 17.4. The van der Waals surface area contributed by atoms with Gasteiger partial charge in [-0.1, -0.05) is 6.92 Å². The van der Waals surface area contributed by atoms with Gasteiger partial charge in [-0.15, -0.1) is 10.2 Å². The van der Waals surface area contributed by atoms with E-state index in [1.165, 1.54) is 0 Å². The van der Waals surface area contributed by atoms with E-state index in [4.69, 9.17) is 13.9 Å². The van der Waals surface area contributed by atoms with E-state index in [0.717, 1.165) is 42.4 Å². The zero-order chi connectivity index (χ0) is 22.2. The van der Waals surface area contributed by atoms with Crippen molar-refractivity contribution >= 4 is 22.0 Å². The van der Waals surface area contributed by atoms with Crippen LogP contribution in [0.1, 0.15) is 31.4 Å². The van der Waals surface area contributed by atoms with E-state index < -0.39 is 0 Å². The first-order chi connectivity index (χ1) is 15.6. The van der Waals surface area contributed by atoms with Crippen molar-refractivity contribution in [2.75, 3.05) is 34.0 Å². The van der Waals surface area contributed by atoms with E-state index >= 15 is 4.39 Å². The number of likely N-dealkylation sites (N-methyl/N-ethyl adjacent to an activating group) is 1. The third kappa shape index (κ3) is 3.43. The highest BCUT2D eigenvalue weighted by Crippen LogP contribution is 2.40. The number of hydrogen-bond donors (Lipinski definition) is 0. The van der Waals surface area contributed by atoms with E-state index in [-0.39, 0.29) is 18.7 Å². The average Bonchev–Trinajstić information content (AvgIpc) is 3.41. The third-order valence-corrected chi connectivity index (χ3v) is 6.30. The number of aromatic nitrogens is 3. The molecular weight excluding hydrogens is 411 g/mol. The Labute approximate surface area is 185 Å². The molecule has 1 saturated heterocycles. The standard InChI is InChI=1S/C24H27FN4O3/c1-4-16-21-19(25)13-29(15-6-5-10-28(2)12-15)24(21)27-26-22(16)18-7-8-20-17(9-11-31-20)23(18)32-14-30-3/h7-9,11,13,15H,4-6,10,12,14H2,1-3H3/t15-/m1/s1. The Balaban J connectivity index is 1.69. The lowest BCUT2D eigenvalue weighted by Crippen LogP contribution is -2.33. The van der Waals surface area contributed by atoms with Crippen LogP contribution in [0.4, 0.5) is 4.39 Å². The fourth-order valence-electron chi connectivity index (χ4n) is 4.82. The molecular formula is C24H27FN4O3. The molecule has 1 aliphatic rings. The molecule has 4 heterocycles. The van der Waals surface area contributed by atoms with Gasteiger partial charge in [-0.05, 0) is 56.6 Å². The molecule has 0 amide bonds. The molecule has 0 saturated carbocycles. The molecule has 1 fully saturated rings. The van der Waals surface area contributed by atoms with Gasteiger partial charge in [0.05, 0.1) is 17.0 Å². The lowest BCUT2D eigenvalue weighted by Gasteiger charge is -2.30. The second-order valence-corrected chi connectivity index (χ2v) is 8.35. The lowest BCUT2D eigenvalue weighted by molar-refractivity contribution is 0.0526. The zero-order valence-corrected chi connectivity index (χ0v) is 18.6. The first-order valence-corrected chi connectivity index (χ1v) is 11.0. The first-order valence-electron chi connectivity index (χ1n) is 11.0. The number of methoxy groups -OCH3 is 1. The molecule has 168 valence electrons. The highest BCUT2D eigenvalue weighted by Gasteiger charge is 2.26. The maximum atomic E-state index is 15.3. The number of furan rings is 1. The van der Waals surface area contributed by atoms with Gasteiger partial charge in [0, 0.05) is 31.5 Å². The number of hydrogen-bond acceptors (Lipinski definition) is 6. The van der Waals surface area contributed by atoms with Crippen LogP contribution >= 0.6 is 0 Å². The fraction of sp³-hybridized carbons (Fsp3) is 0.417. The highest BCUT2D eigenvalue weighted by molar-refractivity contribution is 5.94. The summed E-state index contributed by atoms with van der Waals surface area (Å²) in [5.41, 5.74) is 3.48. The maximum Gasteiger partial charge on any atom is 0.188 e. The molecule has 4 aromatic rings. The van der Waals surface area contributed by atoms with Crippen molar-refractivity contribution in [1.29, 1.82) is 0 Å². The van der Waals surface area contributed by atoms with Crippen LogP contribution in [0.25, 0.3) is 33.3 Å². The van der Waals surface area contributed by atoms with Crippen molar-refractivity contribution in [1.82, 2.24) is 19.7 Å². The highest BCUT2D eigenvalue weighted by atomic mass is 19.1. The molecule has 1 aliphatic heterocycles. The van der Waals surface area contributed by atoms with Crippen LogP contribution in [0, 0.1) is 5.82 Å². The summed E-state index contributed by atoms with van der Waals surface area (Å²) >= 11 is 0. The number of nitrogens with zero attached hydrogens (tertiary/aromatic N) is 4. The van der Waals surface area contributed by atoms with E-state index in [0.29, 0.717) is 34.5 Å². The molecule has 5 rings (SSSR count). The predicted molar refractivity (Wildman–Crippen MR) is 120 cm³/mol. The number of likely N-dealkylation sites (tertiary alicyclic amines) is 1. The molecule has 0 N–H and O–H groups in total. The summed E-state index contributed by atoms with van der Waals surface area (Å²) in [4.78, 5) is 2.28. The Morgan fingerprint density at radius 2 is 2.12 bits per heavy atom. The van der Waals surface area contributed by atoms with Gasteiger partial charge in [-0.2, -0.15) is 0 Å². The van der Waals surface area contributed by atoms with Crippen molar-refractivity contribution in [2.45, 2.75) is 32.2 Å². The largest absolute Gasteiger partial charge is 0.466 e. The van der Waals surface area contributed by atoms with E-state index in [1.54, 1.807) is 19.6 Å². The maximum absolute atomic E-state index is 15.3. The summed E-state index contributed by atoms with van der Waals surface area (Å²) in [6.45, 7) is 4.03. The number of aryl methyl sites for hydroxylation is 1. The van der Waals surface area contributed by atoms with Gasteiger partial charge in [0.2, 0.25) is 0 Å². The van der Waals surface area contributed by atoms with Gasteiger partial charge in [0.1, 0.15) is 17.0 Å². The van der Waals surface area contributed by atoms with Crippen LogP contribution in [0.2, 0.25) is 0 Å². The third-order valence-electron chi connectivity index (χ3n) is 6.30. The number of benzene rings is 1. The monoisotopic (exact) mass is 438 g/mol. The molecule has 0 unspecified atom stereocenters. The number of fused-ring (bicyclic) bond motifs is 2. The molecule has 7 nitrogen and oxygen atoms in total. The molecule has 1 atom stereocenters. The molecule has 32 heavy (non-hydrogen) atoms. The smallest absolute Gasteiger partial charge is 0.188 e. The Bertz CT molecular complexity index is 1270. The Kier molecular flexibility index (Phi) is 5.57. The summed E-state index contributed by atoms with van der Waals surface area (Å²) in [7, 11) is 3.67. The van der Waals surface area contributed by atoms with Crippen molar-refractivity contribution in [3.63, 3.8) is 0 Å². The summed E-state index contributed by atoms with van der Waals surface area (Å²) in [6, 6.07) is 5.79. The van der Waals surface area contributed by atoms with Crippen LogP contribution in [-0.4, -0.2) is 53.7 Å². The van der Waals surface area contributed by atoms with Crippen molar-refractivity contribution in [3.05, 3.63) is 42.0 Å². The molecule has 0 spiro atoms. The second kappa shape index (κ2) is 8.52. The van der Waals surface area contributed by atoms with Crippen LogP contribution in [0.3, 0.4) is 0 Å². The van der Waals surface area contributed by atoms with Crippen LogP contribution < -0.4 is 4.74 Å². The lowest BCUT2D eigenvalue weighted by atomic mass is 9.99. The topological polar surface area (TPSA) is 65.5 Å². The quantitative estimate of drug-likeness (QED) is 0.403. The van der Waals surface area contributed by atoms with Gasteiger partial charge in [-0.25, -0.2) is 4.39 Å². The summed E-state index contributed by atoms with van der Waals surface area (Å²) in [6.07, 6.45) is 5.91. The minimum atomic E-state index is -0.259. The van der Waals surface area contributed by atoms with Gasteiger partial charge >= 0.3 is 0 Å². The van der Waals surface area contributed by atoms with Crippen LogP contribution in [-0.2, 0) is 11.2 Å². The Hall–Kier alpha value is -2.97. The van der Waals surface area contributed by atoms with Crippen molar-refractivity contribution in [2.24, 2.45) is 0 Å². The van der Waals surface area contributed by atoms with E-state index in [2.05, 4.69) is 22.1 Å². The summed E-state index contributed by atoms with van der Waals surface area (Å²) in [5, 5.41) is 10.5. The fourth-order valence-corrected chi connectivity index (χ4v) is 4.82. The van der Waals surface area contributed by atoms with Crippen molar-refractivity contribution in [3.8, 4) is 17.0 Å². The summed E-state index contributed by atoms with van der Waals surface area (Å²) in [5.74, 6) is 0.333. The molecule has 8 heteroatoms. The minimum absolute atomic E-state index is 0.0777. The summed E-state index contributed by atoms with van der Waals surface area (Å²) < 4.78 is 33.9. The Morgan fingerprint density at radius 1 is 1.25 bits per heavy atom. The number of ether oxygens (including phenoxy) is 2. The van der Waals surface area contributed by atoms with Crippen molar-refractivity contribution < 1.29 is 18.3 Å². The van der Waals surface area contributed by atoms with Gasteiger partial charge in [0.25, 0.3) is 0 Å². The molecule has 3 aromatic heterocycles. The molecule has 0 aliphatic carbocycles. The van der Waals surface area contributed by atoms with Gasteiger partial charge < -0.3 is 23.4 Å². The first kappa shape index (κ1) is 20.9. The van der Waals surface area contributed by atoms with Crippen LogP contribution in [0.5, 0.6) is 5.75 Å². The number of rotatable bonds is 6. The zero-order valence-electron chi connectivity index (χ0n) is 18.6. The SMILES string of the molecule is CCc1c(-c2ccc3occc3c2OCOC)nnc2c1c(F)cn2[C@@H]1CCCN(C)C1. The van der Waals surface area contributed by atoms with Crippen LogP contribution in [0.15, 0.2) is 35.1 Å². The van der Waals surface area contributed by atoms with Gasteiger partial charge in [0.15, 0.2) is 18.3 Å². The van der Waals surface area contributed by atoms with Gasteiger partial charge in [-0.3, -0.25) is 0 Å². The number of halogens is 1. The second-order valence-electron chi connectivity index (χ2n) is 8.35. The molecule has 1 aromatic carbocycles. The molecule has 0 bridgehead atoms. The number of piperidine rings is 1. The average molecular weight is 439 g/mol. The minimum Gasteiger partial charge on any atom is -0.466 e. The predicted octanol–water partition coefficient (Wildman–Crippen LogP) is 4.80. The van der Waals surface area contributed by atoms with E-state index in [1.807, 2.05) is 29.7 Å². The van der Waals surface area contributed by atoms with E-state index in [9.17, 15) is 0 Å². The molecule has 0 radical (unpaired) electrons.